The first-order valence-electron chi connectivity index (χ1n) is 7.84. The zero-order valence-electron chi connectivity index (χ0n) is 14.3. The van der Waals surface area contributed by atoms with Crippen molar-refractivity contribution < 1.29 is 14.0 Å². The van der Waals surface area contributed by atoms with Gasteiger partial charge >= 0.3 is 0 Å². The van der Waals surface area contributed by atoms with Crippen LogP contribution < -0.4 is 10.6 Å². The van der Waals surface area contributed by atoms with E-state index in [1.807, 2.05) is 13.8 Å². The summed E-state index contributed by atoms with van der Waals surface area (Å²) in [6.07, 6.45) is 1.54. The number of aromatic nitrogens is 3. The van der Waals surface area contributed by atoms with Crippen LogP contribution in [0.1, 0.15) is 27.5 Å². The van der Waals surface area contributed by atoms with E-state index in [1.165, 1.54) is 6.26 Å². The zero-order chi connectivity index (χ0) is 18.0. The van der Waals surface area contributed by atoms with E-state index in [0.29, 0.717) is 28.1 Å². The lowest BCUT2D eigenvalue weighted by molar-refractivity contribution is -0.120. The fourth-order valence-electron chi connectivity index (χ4n) is 2.67. The number of nitrogens with zero attached hydrogens (tertiary/aromatic N) is 3. The van der Waals surface area contributed by atoms with Gasteiger partial charge in [-0.25, -0.2) is 4.98 Å². The van der Waals surface area contributed by atoms with Crippen LogP contribution >= 0.6 is 0 Å². The summed E-state index contributed by atoms with van der Waals surface area (Å²) in [4.78, 5) is 28.8. The third-order valence-corrected chi connectivity index (χ3v) is 3.79. The normalized spacial score (nSPS) is 10.8. The molecule has 25 heavy (non-hydrogen) atoms. The molecule has 0 unspecified atom stereocenters. The fourth-order valence-corrected chi connectivity index (χ4v) is 2.67. The second kappa shape index (κ2) is 6.76. The van der Waals surface area contributed by atoms with E-state index >= 15 is 0 Å². The van der Waals surface area contributed by atoms with Crippen LogP contribution in [-0.2, 0) is 18.4 Å². The van der Waals surface area contributed by atoms with Crippen LogP contribution in [0.3, 0.4) is 0 Å². The molecule has 0 aliphatic heterocycles. The standard InChI is InChI=1S/C17H19N5O3/c1-10-7-13(15-11(2)21-22(3)16(15)20-10)17(24)19-9-14(23)18-8-12-5-4-6-25-12/h4-7H,8-9H2,1-3H3,(H,18,23)(H,19,24). The van der Waals surface area contributed by atoms with Gasteiger partial charge in [0.05, 0.1) is 36.0 Å². The Morgan fingerprint density at radius 2 is 2.08 bits per heavy atom. The Labute approximate surface area is 144 Å². The number of hydrogen-bond acceptors (Lipinski definition) is 5. The molecule has 0 fully saturated rings. The average Bonchev–Trinajstić information content (AvgIpc) is 3.19. The minimum Gasteiger partial charge on any atom is -0.467 e. The predicted octanol–water partition coefficient (Wildman–Crippen LogP) is 1.22. The number of hydrogen-bond donors (Lipinski definition) is 2. The lowest BCUT2D eigenvalue weighted by atomic mass is 10.1. The highest BCUT2D eigenvalue weighted by Gasteiger charge is 2.18. The maximum Gasteiger partial charge on any atom is 0.252 e. The van der Waals surface area contributed by atoms with Crippen LogP contribution in [0, 0.1) is 13.8 Å². The molecule has 0 atom stereocenters. The number of pyridine rings is 1. The van der Waals surface area contributed by atoms with Crippen molar-refractivity contribution in [1.82, 2.24) is 25.4 Å². The predicted molar refractivity (Wildman–Crippen MR) is 90.9 cm³/mol. The molecule has 2 amide bonds. The van der Waals surface area contributed by atoms with E-state index in [-0.39, 0.29) is 24.9 Å². The van der Waals surface area contributed by atoms with Gasteiger partial charge in [-0.3, -0.25) is 14.3 Å². The summed E-state index contributed by atoms with van der Waals surface area (Å²) in [6, 6.07) is 5.21. The second-order valence-electron chi connectivity index (χ2n) is 5.76. The molecule has 0 aromatic carbocycles. The third-order valence-electron chi connectivity index (χ3n) is 3.79. The van der Waals surface area contributed by atoms with Crippen molar-refractivity contribution >= 4 is 22.8 Å². The van der Waals surface area contributed by atoms with Crippen molar-refractivity contribution in [2.45, 2.75) is 20.4 Å². The van der Waals surface area contributed by atoms with Crippen LogP contribution in [0.5, 0.6) is 0 Å². The van der Waals surface area contributed by atoms with Crippen LogP contribution in [0.25, 0.3) is 11.0 Å². The molecule has 3 aromatic heterocycles. The van der Waals surface area contributed by atoms with E-state index in [0.717, 1.165) is 5.69 Å². The smallest absolute Gasteiger partial charge is 0.252 e. The van der Waals surface area contributed by atoms with Gasteiger partial charge in [-0.2, -0.15) is 5.10 Å². The number of fused-ring (bicyclic) bond motifs is 1. The Bertz CT molecular complexity index is 928. The largest absolute Gasteiger partial charge is 0.467 e. The van der Waals surface area contributed by atoms with Crippen LogP contribution in [0.2, 0.25) is 0 Å². The molecule has 0 spiro atoms. The van der Waals surface area contributed by atoms with Gasteiger partial charge in [0.1, 0.15) is 5.76 Å². The highest BCUT2D eigenvalue weighted by Crippen LogP contribution is 2.21. The second-order valence-corrected chi connectivity index (χ2v) is 5.76. The minimum absolute atomic E-state index is 0.123. The summed E-state index contributed by atoms with van der Waals surface area (Å²) in [5.74, 6) is 0.0200. The summed E-state index contributed by atoms with van der Waals surface area (Å²) >= 11 is 0. The molecule has 3 aromatic rings. The first-order chi connectivity index (χ1) is 12.0. The van der Waals surface area contributed by atoms with Crippen LogP contribution in [0.15, 0.2) is 28.9 Å². The molecule has 3 heterocycles. The molecule has 0 aliphatic rings. The van der Waals surface area contributed by atoms with Gasteiger partial charge < -0.3 is 15.1 Å². The first-order valence-corrected chi connectivity index (χ1v) is 7.84. The summed E-state index contributed by atoms with van der Waals surface area (Å²) < 4.78 is 6.78. The van der Waals surface area contributed by atoms with Crippen molar-refractivity contribution in [3.05, 3.63) is 47.2 Å². The summed E-state index contributed by atoms with van der Waals surface area (Å²) in [5, 5.41) is 10.3. The molecule has 0 bridgehead atoms. The molecular weight excluding hydrogens is 322 g/mol. The van der Waals surface area contributed by atoms with Crippen molar-refractivity contribution in [2.75, 3.05) is 6.54 Å². The van der Waals surface area contributed by atoms with Gasteiger partial charge in [-0.05, 0) is 32.0 Å². The van der Waals surface area contributed by atoms with Crippen molar-refractivity contribution in [3.8, 4) is 0 Å². The Kier molecular flexibility index (Phi) is 4.51. The van der Waals surface area contributed by atoms with Crippen molar-refractivity contribution in [1.29, 1.82) is 0 Å². The Balaban J connectivity index is 1.69. The van der Waals surface area contributed by atoms with E-state index < -0.39 is 0 Å². The number of aryl methyl sites for hydroxylation is 3. The van der Waals surface area contributed by atoms with Crippen LogP contribution in [-0.4, -0.2) is 33.1 Å². The lowest BCUT2D eigenvalue weighted by Gasteiger charge is -2.08. The molecular formula is C17H19N5O3. The van der Waals surface area contributed by atoms with Gasteiger partial charge in [-0.1, -0.05) is 0 Å². The van der Waals surface area contributed by atoms with Gasteiger partial charge in [0.15, 0.2) is 5.65 Å². The molecule has 2 N–H and O–H groups in total. The highest BCUT2D eigenvalue weighted by molar-refractivity contribution is 6.07. The number of furan rings is 1. The molecule has 130 valence electrons. The first kappa shape index (κ1) is 16.7. The van der Waals surface area contributed by atoms with Crippen LogP contribution in [0.4, 0.5) is 0 Å². The summed E-state index contributed by atoms with van der Waals surface area (Å²) in [5.41, 5.74) is 2.54. The molecule has 8 nitrogen and oxygen atoms in total. The highest BCUT2D eigenvalue weighted by atomic mass is 16.3. The number of carbonyl (C=O) groups is 2. The quantitative estimate of drug-likeness (QED) is 0.726. The molecule has 8 heteroatoms. The van der Waals surface area contributed by atoms with Crippen molar-refractivity contribution in [2.24, 2.45) is 7.05 Å². The van der Waals surface area contributed by atoms with E-state index in [1.54, 1.807) is 29.9 Å². The number of rotatable bonds is 5. The van der Waals surface area contributed by atoms with E-state index in [4.69, 9.17) is 4.42 Å². The number of nitrogens with one attached hydrogen (secondary N) is 2. The Morgan fingerprint density at radius 3 is 2.80 bits per heavy atom. The summed E-state index contributed by atoms with van der Waals surface area (Å²) in [6.45, 7) is 3.80. The molecule has 0 aliphatic carbocycles. The van der Waals surface area contributed by atoms with Gasteiger partial charge in [0, 0.05) is 12.7 Å². The maximum absolute atomic E-state index is 12.5. The minimum atomic E-state index is -0.334. The average molecular weight is 341 g/mol. The van der Waals surface area contributed by atoms with Gasteiger partial charge in [0.25, 0.3) is 5.91 Å². The SMILES string of the molecule is Cc1cc(C(=O)NCC(=O)NCc2ccco2)c2c(C)nn(C)c2n1. The third kappa shape index (κ3) is 3.52. The lowest BCUT2D eigenvalue weighted by Crippen LogP contribution is -2.36. The maximum atomic E-state index is 12.5. The zero-order valence-corrected chi connectivity index (χ0v) is 14.3. The monoisotopic (exact) mass is 341 g/mol. The van der Waals surface area contributed by atoms with E-state index in [2.05, 4.69) is 20.7 Å². The molecule has 0 radical (unpaired) electrons. The van der Waals surface area contributed by atoms with E-state index in [9.17, 15) is 9.59 Å². The molecule has 0 saturated carbocycles. The number of amides is 2. The Hall–Kier alpha value is -3.16. The van der Waals surface area contributed by atoms with Gasteiger partial charge in [-0.15, -0.1) is 0 Å². The van der Waals surface area contributed by atoms with Crippen molar-refractivity contribution in [3.63, 3.8) is 0 Å². The van der Waals surface area contributed by atoms with Gasteiger partial charge in [0.2, 0.25) is 5.91 Å². The molecule has 0 saturated heterocycles. The topological polar surface area (TPSA) is 102 Å². The number of carbonyl (C=O) groups excluding carboxylic acids is 2. The Morgan fingerprint density at radius 1 is 1.28 bits per heavy atom. The fraction of sp³-hybridized carbons (Fsp3) is 0.294. The summed E-state index contributed by atoms with van der Waals surface area (Å²) in [7, 11) is 1.78. The molecule has 3 rings (SSSR count).